The normalized spacial score (nSPS) is 15.2. The molecule has 1 fully saturated rings. The number of aromatic nitrogens is 2. The molecule has 0 saturated carbocycles. The molecule has 1 saturated heterocycles. The van der Waals surface area contributed by atoms with Gasteiger partial charge in [-0.05, 0) is 25.6 Å². The summed E-state index contributed by atoms with van der Waals surface area (Å²) in [6.45, 7) is 8.85. The molecule has 0 radical (unpaired) electrons. The molecule has 7 heteroatoms. The number of hydrogen-bond acceptors (Lipinski definition) is 6. The van der Waals surface area contributed by atoms with E-state index in [1.165, 1.54) is 17.3 Å². The Balaban J connectivity index is 1.58. The van der Waals surface area contributed by atoms with Gasteiger partial charge in [-0.15, -0.1) is 0 Å². The first kappa shape index (κ1) is 19.2. The Kier molecular flexibility index (Phi) is 6.93. The van der Waals surface area contributed by atoms with Crippen LogP contribution in [0.3, 0.4) is 0 Å². The summed E-state index contributed by atoms with van der Waals surface area (Å²) >= 11 is 3.07. The van der Waals surface area contributed by atoms with Gasteiger partial charge in [0.05, 0.1) is 5.75 Å². The third-order valence-electron chi connectivity index (χ3n) is 4.37. The topological polar surface area (TPSA) is 49.3 Å². The van der Waals surface area contributed by atoms with Gasteiger partial charge in [0.25, 0.3) is 0 Å². The fourth-order valence-corrected chi connectivity index (χ4v) is 4.54. The van der Waals surface area contributed by atoms with Crippen molar-refractivity contribution in [2.24, 2.45) is 0 Å². The Morgan fingerprint density at radius 1 is 1.04 bits per heavy atom. The van der Waals surface area contributed by atoms with Gasteiger partial charge in [0.2, 0.25) is 5.91 Å². The Morgan fingerprint density at radius 2 is 1.69 bits per heavy atom. The van der Waals surface area contributed by atoms with Gasteiger partial charge >= 0.3 is 0 Å². The summed E-state index contributed by atoms with van der Waals surface area (Å²) in [6.07, 6.45) is 3.39. The first-order valence-corrected chi connectivity index (χ1v) is 10.6. The second-order valence-electron chi connectivity index (χ2n) is 6.19. The minimum Gasteiger partial charge on any atom is -0.339 e. The molecule has 1 amide bonds. The first-order chi connectivity index (χ1) is 12.7. The highest BCUT2D eigenvalue weighted by Gasteiger charge is 2.20. The summed E-state index contributed by atoms with van der Waals surface area (Å²) in [5.41, 5.74) is 1.23. The molecular formula is C19H24N4OS2. The monoisotopic (exact) mass is 388 g/mol. The average Bonchev–Trinajstić information content (AvgIpc) is 2.69. The van der Waals surface area contributed by atoms with Crippen molar-refractivity contribution in [3.05, 3.63) is 42.2 Å². The van der Waals surface area contributed by atoms with Crippen molar-refractivity contribution < 1.29 is 4.79 Å². The van der Waals surface area contributed by atoms with Crippen LogP contribution in [0.15, 0.2) is 51.6 Å². The molecule has 2 heterocycles. The van der Waals surface area contributed by atoms with E-state index in [0.717, 1.165) is 47.7 Å². The van der Waals surface area contributed by atoms with Crippen molar-refractivity contribution >= 4 is 29.4 Å². The largest absolute Gasteiger partial charge is 0.339 e. The van der Waals surface area contributed by atoms with Crippen molar-refractivity contribution in [3.63, 3.8) is 0 Å². The number of aryl methyl sites for hydroxylation is 1. The van der Waals surface area contributed by atoms with Gasteiger partial charge in [-0.1, -0.05) is 48.1 Å². The zero-order valence-corrected chi connectivity index (χ0v) is 16.9. The minimum atomic E-state index is 0.183. The van der Waals surface area contributed by atoms with Crippen LogP contribution in [-0.2, 0) is 4.79 Å². The van der Waals surface area contributed by atoms with E-state index in [0.29, 0.717) is 5.75 Å². The Labute approximate surface area is 163 Å². The minimum absolute atomic E-state index is 0.183. The quantitative estimate of drug-likeness (QED) is 0.709. The Bertz CT molecular complexity index is 731. The average molecular weight is 389 g/mol. The maximum Gasteiger partial charge on any atom is 0.233 e. The van der Waals surface area contributed by atoms with E-state index in [4.69, 9.17) is 0 Å². The van der Waals surface area contributed by atoms with Crippen molar-refractivity contribution in [3.8, 4) is 0 Å². The fourth-order valence-electron chi connectivity index (χ4n) is 2.73. The number of carbonyl (C=O) groups excluding carboxylic acids is 1. The van der Waals surface area contributed by atoms with E-state index >= 15 is 0 Å². The van der Waals surface area contributed by atoms with Gasteiger partial charge in [-0.25, -0.2) is 9.97 Å². The van der Waals surface area contributed by atoms with Crippen molar-refractivity contribution in [1.82, 2.24) is 19.8 Å². The Morgan fingerprint density at radius 3 is 2.35 bits per heavy atom. The number of likely N-dealkylation sites (N-methyl/N-ethyl adjacent to an activating group) is 1. The smallest absolute Gasteiger partial charge is 0.233 e. The lowest BCUT2D eigenvalue weighted by Gasteiger charge is -2.34. The number of nitrogens with zero attached hydrogens (tertiary/aromatic N) is 4. The van der Waals surface area contributed by atoms with E-state index in [1.807, 2.05) is 4.90 Å². The van der Waals surface area contributed by atoms with Crippen LogP contribution in [0.5, 0.6) is 0 Å². The van der Waals surface area contributed by atoms with Crippen LogP contribution in [0, 0.1) is 6.92 Å². The molecule has 1 aromatic carbocycles. The molecule has 1 aromatic heterocycles. The van der Waals surface area contributed by atoms with E-state index in [2.05, 4.69) is 53.0 Å². The highest BCUT2D eigenvalue weighted by molar-refractivity contribution is 8.02. The Hall–Kier alpha value is -1.57. The number of carbonyl (C=O) groups is 1. The SMILES string of the molecule is CCN1CCN(C(=O)CSc2nccnc2Sc2ccc(C)cc2)CC1. The van der Waals surface area contributed by atoms with Gasteiger partial charge in [-0.3, -0.25) is 4.79 Å². The summed E-state index contributed by atoms with van der Waals surface area (Å²) < 4.78 is 0. The van der Waals surface area contributed by atoms with Gasteiger partial charge in [0.1, 0.15) is 10.1 Å². The van der Waals surface area contributed by atoms with Crippen molar-refractivity contribution in [2.75, 3.05) is 38.5 Å². The second kappa shape index (κ2) is 9.39. The molecule has 2 aromatic rings. The maximum atomic E-state index is 12.5. The third kappa shape index (κ3) is 5.22. The standard InChI is InChI=1S/C19H24N4OS2/c1-3-22-10-12-23(13-11-22)17(24)14-25-18-19(21-9-8-20-18)26-16-6-4-15(2)5-7-16/h4-9H,3,10-14H2,1-2H3. The van der Waals surface area contributed by atoms with Gasteiger partial charge in [-0.2, -0.15) is 0 Å². The number of hydrogen-bond donors (Lipinski definition) is 0. The molecule has 1 aliphatic rings. The fraction of sp³-hybridized carbons (Fsp3) is 0.421. The molecule has 3 rings (SSSR count). The summed E-state index contributed by atoms with van der Waals surface area (Å²) in [7, 11) is 0. The molecule has 0 unspecified atom stereocenters. The van der Waals surface area contributed by atoms with Gasteiger partial charge in [0, 0.05) is 43.5 Å². The third-order valence-corrected chi connectivity index (χ3v) is 6.47. The number of thioether (sulfide) groups is 1. The van der Waals surface area contributed by atoms with Gasteiger partial charge in [0.15, 0.2) is 0 Å². The lowest BCUT2D eigenvalue weighted by Crippen LogP contribution is -2.49. The zero-order chi connectivity index (χ0) is 18.4. The molecule has 26 heavy (non-hydrogen) atoms. The highest BCUT2D eigenvalue weighted by Crippen LogP contribution is 2.32. The summed E-state index contributed by atoms with van der Waals surface area (Å²) in [5, 5.41) is 1.67. The van der Waals surface area contributed by atoms with Gasteiger partial charge < -0.3 is 9.80 Å². The second-order valence-corrected chi connectivity index (χ2v) is 8.21. The van der Waals surface area contributed by atoms with Crippen LogP contribution < -0.4 is 0 Å². The lowest BCUT2D eigenvalue weighted by molar-refractivity contribution is -0.130. The number of rotatable bonds is 6. The summed E-state index contributed by atoms with van der Waals surface area (Å²) in [5.74, 6) is 0.592. The first-order valence-electron chi connectivity index (χ1n) is 8.84. The molecule has 0 spiro atoms. The van der Waals surface area contributed by atoms with E-state index in [9.17, 15) is 4.79 Å². The molecule has 0 bridgehead atoms. The number of benzene rings is 1. The predicted molar refractivity (Wildman–Crippen MR) is 107 cm³/mol. The summed E-state index contributed by atoms with van der Waals surface area (Å²) in [4.78, 5) is 26.9. The molecule has 1 aliphatic heterocycles. The van der Waals surface area contributed by atoms with Crippen molar-refractivity contribution in [1.29, 1.82) is 0 Å². The molecular weight excluding hydrogens is 364 g/mol. The zero-order valence-electron chi connectivity index (χ0n) is 15.2. The van der Waals surface area contributed by atoms with Crippen LogP contribution in [0.25, 0.3) is 0 Å². The van der Waals surface area contributed by atoms with Crippen molar-refractivity contribution in [2.45, 2.75) is 28.8 Å². The van der Waals surface area contributed by atoms with E-state index < -0.39 is 0 Å². The molecule has 0 N–H and O–H groups in total. The van der Waals surface area contributed by atoms with Crippen LogP contribution in [0.4, 0.5) is 0 Å². The highest BCUT2D eigenvalue weighted by atomic mass is 32.2. The van der Waals surface area contributed by atoms with E-state index in [1.54, 1.807) is 24.2 Å². The molecule has 138 valence electrons. The van der Waals surface area contributed by atoms with Crippen LogP contribution >= 0.6 is 23.5 Å². The number of piperazine rings is 1. The van der Waals surface area contributed by atoms with Crippen LogP contribution in [-0.4, -0.2) is 64.2 Å². The molecule has 5 nitrogen and oxygen atoms in total. The summed E-state index contributed by atoms with van der Waals surface area (Å²) in [6, 6.07) is 8.35. The van der Waals surface area contributed by atoms with Crippen LogP contribution in [0.2, 0.25) is 0 Å². The molecule has 0 atom stereocenters. The maximum absolute atomic E-state index is 12.5. The number of amides is 1. The van der Waals surface area contributed by atoms with Crippen LogP contribution in [0.1, 0.15) is 12.5 Å². The lowest BCUT2D eigenvalue weighted by atomic mass is 10.2. The predicted octanol–water partition coefficient (Wildman–Crippen LogP) is 3.19. The van der Waals surface area contributed by atoms with E-state index in [-0.39, 0.29) is 5.91 Å². The molecule has 0 aliphatic carbocycles.